The molecular formula is C20H25N3O2S. The molecule has 26 heavy (non-hydrogen) atoms. The molecule has 2 heterocycles. The van der Waals surface area contributed by atoms with E-state index >= 15 is 0 Å². The summed E-state index contributed by atoms with van der Waals surface area (Å²) in [4.78, 5) is 22.8. The van der Waals surface area contributed by atoms with Crippen LogP contribution < -0.4 is 4.90 Å². The van der Waals surface area contributed by atoms with Crippen LogP contribution in [-0.2, 0) is 12.2 Å². The van der Waals surface area contributed by atoms with Crippen LogP contribution in [0.4, 0.5) is 5.82 Å². The highest BCUT2D eigenvalue weighted by molar-refractivity contribution is 7.98. The largest absolute Gasteiger partial charge is 0.478 e. The molecule has 1 aliphatic heterocycles. The van der Waals surface area contributed by atoms with Crippen molar-refractivity contribution in [3.05, 3.63) is 47.2 Å². The molecule has 1 aromatic carbocycles. The van der Waals surface area contributed by atoms with Gasteiger partial charge in [0.05, 0.1) is 5.56 Å². The van der Waals surface area contributed by atoms with E-state index in [1.165, 1.54) is 19.3 Å². The van der Waals surface area contributed by atoms with Crippen LogP contribution in [-0.4, -0.2) is 33.6 Å². The molecule has 1 saturated heterocycles. The summed E-state index contributed by atoms with van der Waals surface area (Å²) in [5, 5.41) is 9.78. The molecule has 0 spiro atoms. The Morgan fingerprint density at radius 3 is 2.69 bits per heavy atom. The normalized spacial score (nSPS) is 17.3. The average Bonchev–Trinajstić information content (AvgIpc) is 2.66. The van der Waals surface area contributed by atoms with E-state index in [1.54, 1.807) is 23.9 Å². The lowest BCUT2D eigenvalue weighted by molar-refractivity contribution is 0.0697. The first-order valence-corrected chi connectivity index (χ1v) is 10.1. The highest BCUT2D eigenvalue weighted by Crippen LogP contribution is 2.27. The number of nitrogens with zero attached hydrogens (tertiary/aromatic N) is 3. The average molecular weight is 372 g/mol. The number of benzene rings is 1. The summed E-state index contributed by atoms with van der Waals surface area (Å²) in [5.74, 6) is 0.860. The second-order valence-electron chi connectivity index (χ2n) is 6.68. The molecule has 0 amide bonds. The van der Waals surface area contributed by atoms with Crippen molar-refractivity contribution in [1.29, 1.82) is 0 Å². The Bertz CT molecular complexity index is 764. The molecular weight excluding hydrogens is 346 g/mol. The fourth-order valence-corrected chi connectivity index (χ4v) is 4.01. The lowest BCUT2D eigenvalue weighted by Gasteiger charge is -2.34. The van der Waals surface area contributed by atoms with Crippen LogP contribution in [0.5, 0.6) is 0 Å². The van der Waals surface area contributed by atoms with Gasteiger partial charge in [-0.05, 0) is 50.3 Å². The van der Waals surface area contributed by atoms with Crippen molar-refractivity contribution >= 4 is 23.5 Å². The first kappa shape index (κ1) is 18.7. The zero-order chi connectivity index (χ0) is 18.5. The van der Waals surface area contributed by atoms with Gasteiger partial charge in [-0.15, -0.1) is 0 Å². The first-order valence-electron chi connectivity index (χ1n) is 9.16. The zero-order valence-electron chi connectivity index (χ0n) is 15.3. The Kier molecular flexibility index (Phi) is 6.14. The molecule has 6 heteroatoms. The second kappa shape index (κ2) is 8.54. The number of carboxylic acid groups (broad SMARTS) is 1. The van der Waals surface area contributed by atoms with Crippen molar-refractivity contribution in [2.75, 3.05) is 11.4 Å². The van der Waals surface area contributed by atoms with E-state index in [9.17, 15) is 4.79 Å². The standard InChI is InChI=1S/C20H25N3O2S/c1-3-17-12-18(23-11-5-4-6-14(23)2)22-20(21-17)26-13-15-7-9-16(10-8-15)19(24)25/h7-10,12,14H,3-6,11,13H2,1-2H3,(H,24,25)/t14-/m1/s1. The summed E-state index contributed by atoms with van der Waals surface area (Å²) in [5.41, 5.74) is 2.44. The monoisotopic (exact) mass is 371 g/mol. The van der Waals surface area contributed by atoms with Crippen LogP contribution in [0.1, 0.15) is 54.7 Å². The number of thioether (sulfide) groups is 1. The Morgan fingerprint density at radius 1 is 1.27 bits per heavy atom. The maximum Gasteiger partial charge on any atom is 0.335 e. The number of anilines is 1. The fraction of sp³-hybridized carbons (Fsp3) is 0.450. The predicted molar refractivity (Wildman–Crippen MR) is 105 cm³/mol. The molecule has 0 aliphatic carbocycles. The van der Waals surface area contributed by atoms with Crippen LogP contribution >= 0.6 is 11.8 Å². The maximum atomic E-state index is 10.9. The molecule has 1 fully saturated rings. The molecule has 2 aromatic rings. The first-order chi connectivity index (χ1) is 12.6. The van der Waals surface area contributed by atoms with Crippen molar-refractivity contribution in [2.24, 2.45) is 0 Å². The number of hydrogen-bond donors (Lipinski definition) is 1. The number of carboxylic acids is 1. The SMILES string of the molecule is CCc1cc(N2CCCC[C@H]2C)nc(SCc2ccc(C(=O)O)cc2)n1. The third-order valence-corrected chi connectivity index (χ3v) is 5.69. The third kappa shape index (κ3) is 4.55. The molecule has 3 rings (SSSR count). The van der Waals surface area contributed by atoms with Crippen molar-refractivity contribution in [3.63, 3.8) is 0 Å². The molecule has 0 saturated carbocycles. The van der Waals surface area contributed by atoms with Gasteiger partial charge in [-0.25, -0.2) is 14.8 Å². The Morgan fingerprint density at radius 2 is 2.04 bits per heavy atom. The minimum Gasteiger partial charge on any atom is -0.478 e. The minimum atomic E-state index is -0.900. The van der Waals surface area contributed by atoms with Gasteiger partial charge in [-0.1, -0.05) is 30.8 Å². The van der Waals surface area contributed by atoms with Crippen LogP contribution in [0.25, 0.3) is 0 Å². The molecule has 1 aliphatic rings. The molecule has 138 valence electrons. The predicted octanol–water partition coefficient (Wildman–Crippen LogP) is 4.41. The molecule has 1 atom stereocenters. The van der Waals surface area contributed by atoms with Crippen LogP contribution in [0.15, 0.2) is 35.5 Å². The number of rotatable bonds is 6. The van der Waals surface area contributed by atoms with Gasteiger partial charge in [-0.2, -0.15) is 0 Å². The quantitative estimate of drug-likeness (QED) is 0.599. The number of aryl methyl sites for hydroxylation is 1. The zero-order valence-corrected chi connectivity index (χ0v) is 16.1. The molecule has 0 radical (unpaired) electrons. The lowest BCUT2D eigenvalue weighted by Crippen LogP contribution is -2.38. The van der Waals surface area contributed by atoms with E-state index < -0.39 is 5.97 Å². The molecule has 1 aromatic heterocycles. The summed E-state index contributed by atoms with van der Waals surface area (Å²) in [6, 6.07) is 9.63. The van der Waals surface area contributed by atoms with E-state index in [1.807, 2.05) is 12.1 Å². The van der Waals surface area contributed by atoms with E-state index in [-0.39, 0.29) is 0 Å². The van der Waals surface area contributed by atoms with E-state index in [0.717, 1.165) is 41.0 Å². The van der Waals surface area contributed by atoms with Crippen molar-refractivity contribution < 1.29 is 9.90 Å². The lowest BCUT2D eigenvalue weighted by atomic mass is 10.0. The van der Waals surface area contributed by atoms with Crippen molar-refractivity contribution in [2.45, 2.75) is 56.5 Å². The molecule has 0 unspecified atom stereocenters. The van der Waals surface area contributed by atoms with Gasteiger partial charge in [0.15, 0.2) is 5.16 Å². The van der Waals surface area contributed by atoms with Gasteiger partial charge in [0.1, 0.15) is 5.82 Å². The number of hydrogen-bond acceptors (Lipinski definition) is 5. The number of carbonyl (C=O) groups is 1. The highest BCUT2D eigenvalue weighted by Gasteiger charge is 2.20. The molecule has 0 bridgehead atoms. The van der Waals surface area contributed by atoms with Gasteiger partial charge < -0.3 is 10.0 Å². The van der Waals surface area contributed by atoms with Crippen molar-refractivity contribution in [3.8, 4) is 0 Å². The topological polar surface area (TPSA) is 66.3 Å². The number of piperidine rings is 1. The smallest absolute Gasteiger partial charge is 0.335 e. The highest BCUT2D eigenvalue weighted by atomic mass is 32.2. The van der Waals surface area contributed by atoms with Gasteiger partial charge in [0, 0.05) is 30.1 Å². The minimum absolute atomic E-state index is 0.310. The fourth-order valence-electron chi connectivity index (χ4n) is 3.18. The summed E-state index contributed by atoms with van der Waals surface area (Å²) in [7, 11) is 0. The maximum absolute atomic E-state index is 10.9. The Labute approximate surface area is 158 Å². The summed E-state index contributed by atoms with van der Waals surface area (Å²) in [6.07, 6.45) is 4.61. The van der Waals surface area contributed by atoms with Gasteiger partial charge in [0.25, 0.3) is 0 Å². The third-order valence-electron chi connectivity index (χ3n) is 4.77. The van der Waals surface area contributed by atoms with Crippen LogP contribution in [0.2, 0.25) is 0 Å². The number of aromatic nitrogens is 2. The van der Waals surface area contributed by atoms with E-state index in [4.69, 9.17) is 10.1 Å². The van der Waals surface area contributed by atoms with Crippen LogP contribution in [0.3, 0.4) is 0 Å². The van der Waals surface area contributed by atoms with E-state index in [0.29, 0.717) is 11.6 Å². The van der Waals surface area contributed by atoms with Gasteiger partial charge in [-0.3, -0.25) is 0 Å². The van der Waals surface area contributed by atoms with Crippen molar-refractivity contribution in [1.82, 2.24) is 9.97 Å². The molecule has 1 N–H and O–H groups in total. The number of aromatic carboxylic acids is 1. The van der Waals surface area contributed by atoms with Crippen LogP contribution in [0, 0.1) is 0 Å². The summed E-state index contributed by atoms with van der Waals surface area (Å²) < 4.78 is 0. The van der Waals surface area contributed by atoms with Gasteiger partial charge in [0.2, 0.25) is 0 Å². The van der Waals surface area contributed by atoms with E-state index in [2.05, 4.69) is 29.8 Å². The summed E-state index contributed by atoms with van der Waals surface area (Å²) >= 11 is 1.60. The van der Waals surface area contributed by atoms with Gasteiger partial charge >= 0.3 is 5.97 Å². The second-order valence-corrected chi connectivity index (χ2v) is 7.63. The Hall–Kier alpha value is -2.08. The molecule has 5 nitrogen and oxygen atoms in total. The Balaban J connectivity index is 1.74. The summed E-state index contributed by atoms with van der Waals surface area (Å²) in [6.45, 7) is 5.44.